The number of rotatable bonds is 7. The number of hydrogen-bond donors (Lipinski definition) is 2. The number of anilines is 1. The minimum atomic E-state index is -0.176. The van der Waals surface area contributed by atoms with Gasteiger partial charge in [-0.1, -0.05) is 30.2 Å². The lowest BCUT2D eigenvalue weighted by Gasteiger charge is -2.10. The number of carbonyl (C=O) groups is 1. The molecule has 0 unspecified atom stereocenters. The van der Waals surface area contributed by atoms with Gasteiger partial charge in [0.2, 0.25) is 0 Å². The van der Waals surface area contributed by atoms with Crippen molar-refractivity contribution in [3.8, 4) is 23.9 Å². The van der Waals surface area contributed by atoms with E-state index in [1.807, 2.05) is 48.0 Å². The van der Waals surface area contributed by atoms with Gasteiger partial charge in [0, 0.05) is 36.6 Å². The van der Waals surface area contributed by atoms with E-state index < -0.39 is 0 Å². The average molecular weight is 423 g/mol. The summed E-state index contributed by atoms with van der Waals surface area (Å²) in [5.41, 5.74) is 3.72. The van der Waals surface area contributed by atoms with E-state index in [9.17, 15) is 4.79 Å². The van der Waals surface area contributed by atoms with Gasteiger partial charge in [-0.05, 0) is 35.9 Å². The molecule has 2 aromatic heterocycles. The van der Waals surface area contributed by atoms with Gasteiger partial charge >= 0.3 is 0 Å². The van der Waals surface area contributed by atoms with Gasteiger partial charge in [-0.15, -0.1) is 16.6 Å². The highest BCUT2D eigenvalue weighted by Crippen LogP contribution is 2.16. The summed E-state index contributed by atoms with van der Waals surface area (Å²) in [6, 6.07) is 16.6. The summed E-state index contributed by atoms with van der Waals surface area (Å²) < 4.78 is 1.87. The Bertz CT molecular complexity index is 1280. The molecular weight excluding hydrogens is 402 g/mol. The van der Waals surface area contributed by atoms with Crippen molar-refractivity contribution in [3.63, 3.8) is 0 Å². The molecule has 0 bridgehead atoms. The van der Waals surface area contributed by atoms with E-state index in [1.165, 1.54) is 6.33 Å². The number of benzene rings is 2. The molecule has 0 fully saturated rings. The first-order chi connectivity index (χ1) is 15.7. The molecule has 0 saturated heterocycles. The lowest BCUT2D eigenvalue weighted by Crippen LogP contribution is -2.23. The molecule has 0 atom stereocenters. The molecule has 4 aromatic rings. The number of hydrogen-bond acceptors (Lipinski definition) is 6. The van der Waals surface area contributed by atoms with Crippen LogP contribution in [-0.2, 0) is 20.1 Å². The second-order valence-electron chi connectivity index (χ2n) is 7.01. The summed E-state index contributed by atoms with van der Waals surface area (Å²) in [6.45, 7) is 0.802. The van der Waals surface area contributed by atoms with Crippen LogP contribution < -0.4 is 10.6 Å². The van der Waals surface area contributed by atoms with Crippen molar-refractivity contribution in [1.29, 1.82) is 0 Å². The molecule has 0 saturated carbocycles. The number of carbonyl (C=O) groups excluding carboxylic acids is 1. The van der Waals surface area contributed by atoms with Crippen molar-refractivity contribution in [1.82, 2.24) is 30.0 Å². The Kier molecular flexibility index (Phi) is 6.18. The number of nitrogens with zero attached hydrogens (tertiary/aromatic N) is 5. The Labute approximate surface area is 185 Å². The first-order valence-corrected chi connectivity index (χ1v) is 9.97. The lowest BCUT2D eigenvalue weighted by molar-refractivity contribution is 0.0951. The second kappa shape index (κ2) is 9.53. The molecule has 8 heteroatoms. The smallest absolute Gasteiger partial charge is 0.251 e. The quantitative estimate of drug-likeness (QED) is 0.444. The van der Waals surface area contributed by atoms with Gasteiger partial charge in [-0.3, -0.25) is 4.79 Å². The second-order valence-corrected chi connectivity index (χ2v) is 7.01. The molecule has 0 spiro atoms. The van der Waals surface area contributed by atoms with Crippen LogP contribution in [0.2, 0.25) is 0 Å². The molecule has 32 heavy (non-hydrogen) atoms. The van der Waals surface area contributed by atoms with Crippen LogP contribution in [0.4, 0.5) is 5.69 Å². The highest BCUT2D eigenvalue weighted by Gasteiger charge is 2.12. The van der Waals surface area contributed by atoms with E-state index >= 15 is 0 Å². The van der Waals surface area contributed by atoms with Gasteiger partial charge in [0.05, 0.1) is 6.54 Å². The molecule has 2 N–H and O–H groups in total. The number of nitrogens with one attached hydrogen (secondary N) is 2. The van der Waals surface area contributed by atoms with Gasteiger partial charge in [-0.25, -0.2) is 9.97 Å². The van der Waals surface area contributed by atoms with Crippen LogP contribution in [0.5, 0.6) is 0 Å². The summed E-state index contributed by atoms with van der Waals surface area (Å²) in [6.07, 6.45) is 8.67. The van der Waals surface area contributed by atoms with Gasteiger partial charge in [0.25, 0.3) is 5.91 Å². The predicted molar refractivity (Wildman–Crippen MR) is 121 cm³/mol. The maximum Gasteiger partial charge on any atom is 0.251 e. The lowest BCUT2D eigenvalue weighted by atomic mass is 10.1. The Morgan fingerprint density at radius 1 is 1.09 bits per heavy atom. The summed E-state index contributed by atoms with van der Waals surface area (Å²) in [7, 11) is 1.88. The van der Waals surface area contributed by atoms with E-state index in [4.69, 9.17) is 6.42 Å². The number of amides is 1. The molecule has 4 rings (SSSR count). The Hall–Kier alpha value is -4.51. The molecule has 0 aliphatic rings. The van der Waals surface area contributed by atoms with Crippen LogP contribution >= 0.6 is 0 Å². The van der Waals surface area contributed by atoms with Crippen LogP contribution in [-0.4, -0.2) is 30.6 Å². The predicted octanol–water partition coefficient (Wildman–Crippen LogP) is 2.80. The van der Waals surface area contributed by atoms with E-state index in [-0.39, 0.29) is 5.91 Å². The highest BCUT2D eigenvalue weighted by atomic mass is 16.1. The van der Waals surface area contributed by atoms with Crippen LogP contribution in [0.15, 0.2) is 67.1 Å². The van der Waals surface area contributed by atoms with Crippen molar-refractivity contribution >= 4 is 11.6 Å². The van der Waals surface area contributed by atoms with Gasteiger partial charge in [0.15, 0.2) is 11.6 Å². The maximum atomic E-state index is 12.6. The standard InChI is InChI=1S/C24H21N7O/c1-3-17-7-4-5-8-19(17)14-27-24(32)18-9-6-10-20(13-18)26-15-22-29-30-23(31(22)2)21-11-12-25-16-28-21/h1,4-13,16,26H,14-15H2,2H3,(H,27,32). The van der Waals surface area contributed by atoms with Crippen LogP contribution in [0.1, 0.15) is 27.3 Å². The zero-order valence-electron chi connectivity index (χ0n) is 17.5. The maximum absolute atomic E-state index is 12.6. The Morgan fingerprint density at radius 3 is 2.78 bits per heavy atom. The van der Waals surface area contributed by atoms with E-state index in [0.717, 1.165) is 22.6 Å². The SMILES string of the molecule is C#Cc1ccccc1CNC(=O)c1cccc(NCc2nnc(-c3ccncn3)n2C)c1. The molecule has 2 aromatic carbocycles. The average Bonchev–Trinajstić information content (AvgIpc) is 3.22. The van der Waals surface area contributed by atoms with Gasteiger partial charge in [-0.2, -0.15) is 0 Å². The van der Waals surface area contributed by atoms with Crippen LogP contribution in [0, 0.1) is 12.3 Å². The Balaban J connectivity index is 1.40. The van der Waals surface area contributed by atoms with E-state index in [2.05, 4.69) is 36.7 Å². The van der Waals surface area contributed by atoms with E-state index in [1.54, 1.807) is 24.4 Å². The minimum absolute atomic E-state index is 0.176. The van der Waals surface area contributed by atoms with Crippen molar-refractivity contribution in [2.45, 2.75) is 13.1 Å². The largest absolute Gasteiger partial charge is 0.378 e. The summed E-state index contributed by atoms with van der Waals surface area (Å²) in [4.78, 5) is 20.8. The topological polar surface area (TPSA) is 97.6 Å². The molecule has 158 valence electrons. The fourth-order valence-electron chi connectivity index (χ4n) is 3.21. The monoisotopic (exact) mass is 423 g/mol. The summed E-state index contributed by atoms with van der Waals surface area (Å²) >= 11 is 0. The minimum Gasteiger partial charge on any atom is -0.378 e. The third-order valence-corrected chi connectivity index (χ3v) is 4.96. The third kappa shape index (κ3) is 4.63. The van der Waals surface area contributed by atoms with Crippen LogP contribution in [0.25, 0.3) is 11.5 Å². The zero-order valence-corrected chi connectivity index (χ0v) is 17.5. The van der Waals surface area contributed by atoms with Gasteiger partial charge in [0.1, 0.15) is 12.0 Å². The van der Waals surface area contributed by atoms with Crippen LogP contribution in [0.3, 0.4) is 0 Å². The van der Waals surface area contributed by atoms with Crippen molar-refractivity contribution in [3.05, 3.63) is 89.6 Å². The molecule has 2 heterocycles. The summed E-state index contributed by atoms with van der Waals surface area (Å²) in [5, 5.41) is 14.7. The third-order valence-electron chi connectivity index (χ3n) is 4.96. The molecule has 1 amide bonds. The van der Waals surface area contributed by atoms with Gasteiger partial charge < -0.3 is 15.2 Å². The molecule has 8 nitrogen and oxygen atoms in total. The molecule has 0 aliphatic carbocycles. The Morgan fingerprint density at radius 2 is 1.97 bits per heavy atom. The van der Waals surface area contributed by atoms with Crippen molar-refractivity contribution < 1.29 is 4.79 Å². The number of terminal acetylenes is 1. The number of aromatic nitrogens is 5. The first-order valence-electron chi connectivity index (χ1n) is 9.97. The fourth-order valence-corrected chi connectivity index (χ4v) is 3.21. The zero-order chi connectivity index (χ0) is 22.3. The molecule has 0 aliphatic heterocycles. The first kappa shape index (κ1) is 20.8. The van der Waals surface area contributed by atoms with Crippen molar-refractivity contribution in [2.75, 3.05) is 5.32 Å². The van der Waals surface area contributed by atoms with E-state index in [0.29, 0.717) is 30.2 Å². The normalized spacial score (nSPS) is 10.4. The summed E-state index contributed by atoms with van der Waals surface area (Å²) in [5.74, 6) is 3.85. The fraction of sp³-hybridized carbons (Fsp3) is 0.125. The highest BCUT2D eigenvalue weighted by molar-refractivity contribution is 5.95. The molecular formula is C24H21N7O. The molecule has 0 radical (unpaired) electrons. The van der Waals surface area contributed by atoms with Crippen molar-refractivity contribution in [2.24, 2.45) is 7.05 Å².